The minimum atomic E-state index is -0.525. The summed E-state index contributed by atoms with van der Waals surface area (Å²) in [7, 11) is 0. The molecular weight excluding hydrogens is 431 g/mol. The first-order chi connectivity index (χ1) is 13.8. The number of amides is 2. The number of carbonyl (C=O) groups is 2. The van der Waals surface area contributed by atoms with Crippen LogP contribution >= 0.6 is 34.5 Å². The molecule has 29 heavy (non-hydrogen) atoms. The van der Waals surface area contributed by atoms with Crippen LogP contribution in [0.25, 0.3) is 11.3 Å². The zero-order valence-corrected chi connectivity index (χ0v) is 17.9. The van der Waals surface area contributed by atoms with Gasteiger partial charge in [0.2, 0.25) is 0 Å². The molecule has 0 bridgehead atoms. The van der Waals surface area contributed by atoms with Crippen molar-refractivity contribution in [2.75, 3.05) is 5.32 Å². The maximum Gasteiger partial charge on any atom is 0.292 e. The lowest BCUT2D eigenvalue weighted by Crippen LogP contribution is -2.19. The molecule has 0 fully saturated rings. The number of halogens is 2. The Morgan fingerprint density at radius 2 is 2.00 bits per heavy atom. The Labute approximate surface area is 181 Å². The molecule has 0 spiro atoms. The Kier molecular flexibility index (Phi) is 5.42. The molecule has 0 saturated heterocycles. The molecule has 2 amide bonds. The number of thiophene rings is 1. The second-order valence-corrected chi connectivity index (χ2v) is 9.09. The number of nitrogens with one attached hydrogen (secondary N) is 1. The van der Waals surface area contributed by atoms with E-state index in [1.807, 2.05) is 0 Å². The number of primary amides is 1. The predicted octanol–water partition coefficient (Wildman–Crippen LogP) is 5.79. The van der Waals surface area contributed by atoms with E-state index in [1.54, 1.807) is 30.3 Å². The van der Waals surface area contributed by atoms with Crippen molar-refractivity contribution in [1.29, 1.82) is 0 Å². The second kappa shape index (κ2) is 7.86. The van der Waals surface area contributed by atoms with Gasteiger partial charge < -0.3 is 15.5 Å². The van der Waals surface area contributed by atoms with E-state index in [0.717, 1.165) is 29.7 Å². The van der Waals surface area contributed by atoms with Gasteiger partial charge in [0, 0.05) is 10.4 Å². The number of furan rings is 1. The molecule has 5 nitrogen and oxygen atoms in total. The normalized spacial score (nSPS) is 15.8. The van der Waals surface area contributed by atoms with Crippen molar-refractivity contribution >= 4 is 51.4 Å². The van der Waals surface area contributed by atoms with Crippen LogP contribution in [0.1, 0.15) is 44.7 Å². The van der Waals surface area contributed by atoms with Gasteiger partial charge in [-0.05, 0) is 61.1 Å². The summed E-state index contributed by atoms with van der Waals surface area (Å²) in [6.45, 7) is 2.18. The van der Waals surface area contributed by atoms with Gasteiger partial charge in [-0.1, -0.05) is 30.1 Å². The number of carbonyl (C=O) groups excluding carboxylic acids is 2. The number of hydrogen-bond donors (Lipinski definition) is 2. The van der Waals surface area contributed by atoms with Crippen LogP contribution in [0, 0.1) is 5.92 Å². The Bertz CT molecular complexity index is 1120. The summed E-state index contributed by atoms with van der Waals surface area (Å²) in [6.07, 6.45) is 2.68. The topological polar surface area (TPSA) is 85.3 Å². The Balaban J connectivity index is 1.60. The van der Waals surface area contributed by atoms with Gasteiger partial charge in [0.1, 0.15) is 10.8 Å². The molecule has 1 aromatic carbocycles. The quantitative estimate of drug-likeness (QED) is 0.529. The molecule has 0 saturated carbocycles. The predicted molar refractivity (Wildman–Crippen MR) is 116 cm³/mol. The zero-order chi connectivity index (χ0) is 20.7. The molecule has 8 heteroatoms. The first-order valence-corrected chi connectivity index (χ1v) is 10.7. The monoisotopic (exact) mass is 448 g/mol. The van der Waals surface area contributed by atoms with Crippen molar-refractivity contribution < 1.29 is 14.0 Å². The van der Waals surface area contributed by atoms with E-state index in [0.29, 0.717) is 37.9 Å². The summed E-state index contributed by atoms with van der Waals surface area (Å²) < 4.78 is 5.69. The molecule has 0 aliphatic heterocycles. The minimum Gasteiger partial charge on any atom is -0.451 e. The summed E-state index contributed by atoms with van der Waals surface area (Å²) in [4.78, 5) is 25.9. The Morgan fingerprint density at radius 3 is 2.72 bits per heavy atom. The highest BCUT2D eigenvalue weighted by Crippen LogP contribution is 2.39. The number of benzene rings is 1. The Morgan fingerprint density at radius 1 is 1.21 bits per heavy atom. The minimum absolute atomic E-state index is 0.126. The van der Waals surface area contributed by atoms with Gasteiger partial charge in [-0.15, -0.1) is 11.3 Å². The van der Waals surface area contributed by atoms with Gasteiger partial charge in [-0.3, -0.25) is 9.59 Å². The highest BCUT2D eigenvalue weighted by Gasteiger charge is 2.28. The second-order valence-electron chi connectivity index (χ2n) is 7.17. The van der Waals surface area contributed by atoms with E-state index >= 15 is 0 Å². The van der Waals surface area contributed by atoms with Gasteiger partial charge in [-0.25, -0.2) is 0 Å². The van der Waals surface area contributed by atoms with Crippen molar-refractivity contribution in [2.24, 2.45) is 11.7 Å². The molecule has 2 heterocycles. The van der Waals surface area contributed by atoms with Crippen molar-refractivity contribution in [3.8, 4) is 11.3 Å². The molecular formula is C21H18Cl2N2O3S. The lowest BCUT2D eigenvalue weighted by Gasteiger charge is -2.18. The largest absolute Gasteiger partial charge is 0.451 e. The molecule has 0 radical (unpaired) electrons. The van der Waals surface area contributed by atoms with Crippen LogP contribution < -0.4 is 11.1 Å². The third-order valence-electron chi connectivity index (χ3n) is 5.02. The number of anilines is 1. The lowest BCUT2D eigenvalue weighted by atomic mass is 9.88. The van der Waals surface area contributed by atoms with E-state index in [-0.39, 0.29) is 5.76 Å². The van der Waals surface area contributed by atoms with Crippen molar-refractivity contribution in [2.45, 2.75) is 26.2 Å². The lowest BCUT2D eigenvalue weighted by molar-refractivity contribution is 0.0998. The average Bonchev–Trinajstić information content (AvgIpc) is 3.28. The van der Waals surface area contributed by atoms with Crippen LogP contribution in [0.2, 0.25) is 10.0 Å². The molecule has 3 N–H and O–H groups in total. The van der Waals surface area contributed by atoms with Crippen LogP contribution in [0.4, 0.5) is 5.00 Å². The van der Waals surface area contributed by atoms with Gasteiger partial charge in [0.15, 0.2) is 5.76 Å². The maximum absolute atomic E-state index is 12.7. The van der Waals surface area contributed by atoms with Crippen LogP contribution in [0.15, 0.2) is 34.7 Å². The SMILES string of the molecule is CC1CCc2c(sc(NC(=O)c3ccc(-c4ccc(Cl)c(Cl)c4)o3)c2C(N)=O)C1. The van der Waals surface area contributed by atoms with Gasteiger partial charge in [0.25, 0.3) is 11.8 Å². The molecule has 1 aliphatic rings. The fourth-order valence-corrected chi connectivity index (χ4v) is 5.24. The van der Waals surface area contributed by atoms with Crippen molar-refractivity contribution in [3.05, 3.63) is 62.1 Å². The van der Waals surface area contributed by atoms with Crippen LogP contribution in [-0.4, -0.2) is 11.8 Å². The summed E-state index contributed by atoms with van der Waals surface area (Å²) in [6, 6.07) is 8.35. The summed E-state index contributed by atoms with van der Waals surface area (Å²) in [5.41, 5.74) is 7.70. The highest BCUT2D eigenvalue weighted by molar-refractivity contribution is 7.17. The molecule has 3 aromatic rings. The van der Waals surface area contributed by atoms with E-state index in [2.05, 4.69) is 12.2 Å². The van der Waals surface area contributed by atoms with Gasteiger partial charge in [-0.2, -0.15) is 0 Å². The summed E-state index contributed by atoms with van der Waals surface area (Å²) in [5.74, 6) is 0.197. The third kappa shape index (κ3) is 3.92. The smallest absolute Gasteiger partial charge is 0.292 e. The fraction of sp³-hybridized carbons (Fsp3) is 0.238. The van der Waals surface area contributed by atoms with Crippen molar-refractivity contribution in [3.63, 3.8) is 0 Å². The number of hydrogen-bond acceptors (Lipinski definition) is 4. The number of fused-ring (bicyclic) bond motifs is 1. The molecule has 4 rings (SSSR count). The van der Waals surface area contributed by atoms with E-state index in [9.17, 15) is 9.59 Å². The summed E-state index contributed by atoms with van der Waals surface area (Å²) >= 11 is 13.4. The standard InChI is InChI=1S/C21H18Cl2N2O3S/c1-10-2-4-12-17(8-10)29-21(18(12)19(24)26)25-20(27)16-7-6-15(28-16)11-3-5-13(22)14(23)9-11/h3,5-7,9-10H,2,4,8H2,1H3,(H2,24,26)(H,25,27). The van der Waals surface area contributed by atoms with Crippen molar-refractivity contribution in [1.82, 2.24) is 0 Å². The third-order valence-corrected chi connectivity index (χ3v) is 6.93. The number of rotatable bonds is 4. The first kappa shape index (κ1) is 20.0. The highest BCUT2D eigenvalue weighted by atomic mass is 35.5. The summed E-state index contributed by atoms with van der Waals surface area (Å²) in [5, 5.41) is 4.12. The van der Waals surface area contributed by atoms with Crippen LogP contribution in [-0.2, 0) is 12.8 Å². The Hall–Kier alpha value is -2.28. The van der Waals surface area contributed by atoms with E-state index in [4.69, 9.17) is 33.4 Å². The number of nitrogens with two attached hydrogens (primary N) is 1. The van der Waals surface area contributed by atoms with Gasteiger partial charge in [0.05, 0.1) is 15.6 Å². The van der Waals surface area contributed by atoms with Crippen LogP contribution in [0.5, 0.6) is 0 Å². The maximum atomic E-state index is 12.7. The van der Waals surface area contributed by atoms with E-state index in [1.165, 1.54) is 11.3 Å². The zero-order valence-electron chi connectivity index (χ0n) is 15.6. The molecule has 1 atom stereocenters. The molecule has 1 unspecified atom stereocenters. The average molecular weight is 449 g/mol. The molecule has 1 aliphatic carbocycles. The van der Waals surface area contributed by atoms with E-state index < -0.39 is 11.8 Å². The molecule has 2 aromatic heterocycles. The van der Waals surface area contributed by atoms with Gasteiger partial charge >= 0.3 is 0 Å². The van der Waals surface area contributed by atoms with Crippen LogP contribution in [0.3, 0.4) is 0 Å². The fourth-order valence-electron chi connectivity index (χ4n) is 3.53. The molecule has 150 valence electrons. The first-order valence-electron chi connectivity index (χ1n) is 9.14.